The van der Waals surface area contributed by atoms with Gasteiger partial charge in [-0.1, -0.05) is 11.6 Å². The van der Waals surface area contributed by atoms with Gasteiger partial charge in [0.25, 0.3) is 0 Å². The average molecular weight is 447 g/mol. The second kappa shape index (κ2) is 7.93. The van der Waals surface area contributed by atoms with Gasteiger partial charge in [0.2, 0.25) is 0 Å². The number of ether oxygens (including phenoxy) is 1. The summed E-state index contributed by atoms with van der Waals surface area (Å²) in [6, 6.07) is 0.916. The first-order valence-electron chi connectivity index (χ1n) is 7.41. The van der Waals surface area contributed by atoms with Crippen LogP contribution in [0.5, 0.6) is 0 Å². The Balaban J connectivity index is 2.18. The number of esters is 1. The summed E-state index contributed by atoms with van der Waals surface area (Å²) < 4.78 is 97.5. The molecule has 0 unspecified atom stereocenters. The molecule has 5 nitrogen and oxygen atoms in total. The highest BCUT2D eigenvalue weighted by Gasteiger charge is 2.73. The zero-order valence-corrected chi connectivity index (χ0v) is 14.9. The molecule has 0 atom stereocenters. The van der Waals surface area contributed by atoms with E-state index in [-0.39, 0.29) is 22.1 Å². The minimum atomic E-state index is -6.48. The van der Waals surface area contributed by atoms with Gasteiger partial charge in [0.1, 0.15) is 11.5 Å². The summed E-state index contributed by atoms with van der Waals surface area (Å²) in [5.74, 6) is -7.24. The Kier molecular flexibility index (Phi) is 6.16. The molecule has 0 radical (unpaired) electrons. The molecule has 158 valence electrons. The fourth-order valence-corrected chi connectivity index (χ4v) is 2.14. The molecule has 29 heavy (non-hydrogen) atoms. The van der Waals surface area contributed by atoms with Crippen molar-refractivity contribution in [3.8, 4) is 11.3 Å². The highest BCUT2D eigenvalue weighted by Crippen LogP contribution is 2.45. The highest BCUT2D eigenvalue weighted by atomic mass is 35.5. The van der Waals surface area contributed by atoms with Gasteiger partial charge in [-0.2, -0.15) is 35.8 Å². The van der Waals surface area contributed by atoms with Gasteiger partial charge < -0.3 is 9.15 Å². The first-order chi connectivity index (χ1) is 13.3. The Morgan fingerprint density at radius 2 is 1.79 bits per heavy atom. The normalized spacial score (nSPS) is 13.0. The van der Waals surface area contributed by atoms with Crippen LogP contribution in [0.25, 0.3) is 11.3 Å². The lowest BCUT2D eigenvalue weighted by Gasteiger charge is -2.27. The summed E-state index contributed by atoms with van der Waals surface area (Å²) in [6.45, 7) is 0. The van der Waals surface area contributed by atoms with Crippen LogP contribution in [0, 0.1) is 0 Å². The molecule has 1 N–H and O–H groups in total. The third-order valence-corrected chi connectivity index (χ3v) is 3.76. The van der Waals surface area contributed by atoms with E-state index in [0.717, 1.165) is 7.11 Å². The number of carbonyl (C=O) groups is 1. The Labute approximate surface area is 163 Å². The molecule has 2 aromatic rings. The summed E-state index contributed by atoms with van der Waals surface area (Å²) in [6.07, 6.45) is -6.01. The molecule has 0 saturated carbocycles. The lowest BCUT2D eigenvalue weighted by molar-refractivity contribution is -0.361. The maximum absolute atomic E-state index is 13.1. The number of rotatable bonds is 6. The van der Waals surface area contributed by atoms with Crippen LogP contribution in [0.1, 0.15) is 16.1 Å². The van der Waals surface area contributed by atoms with Crippen LogP contribution in [0.3, 0.4) is 0 Å². The molecule has 0 amide bonds. The van der Waals surface area contributed by atoms with Gasteiger partial charge in [-0.3, -0.25) is 0 Å². The number of alkyl halides is 7. The number of nitrogens with one attached hydrogen (secondary N) is 1. The molecule has 13 heteroatoms. The molecule has 1 aromatic heterocycles. The van der Waals surface area contributed by atoms with E-state index in [0.29, 0.717) is 17.2 Å². The molecule has 2 rings (SSSR count). The second-order valence-electron chi connectivity index (χ2n) is 5.40. The highest BCUT2D eigenvalue weighted by molar-refractivity contribution is 6.33. The first-order valence-corrected chi connectivity index (χ1v) is 7.78. The Morgan fingerprint density at radius 3 is 2.38 bits per heavy atom. The van der Waals surface area contributed by atoms with Crippen molar-refractivity contribution < 1.29 is 44.7 Å². The molecular weight excluding hydrogens is 437 g/mol. The third-order valence-electron chi connectivity index (χ3n) is 3.43. The Bertz CT molecular complexity index is 925. The van der Waals surface area contributed by atoms with E-state index in [4.69, 9.17) is 16.0 Å². The molecule has 0 aliphatic heterocycles. The maximum Gasteiger partial charge on any atom is 0.462 e. The quantitative estimate of drug-likeness (QED) is 0.220. The van der Waals surface area contributed by atoms with Gasteiger partial charge in [0.05, 0.1) is 23.9 Å². The van der Waals surface area contributed by atoms with Crippen LogP contribution in [0.15, 0.2) is 39.9 Å². The fourth-order valence-electron chi connectivity index (χ4n) is 1.95. The Morgan fingerprint density at radius 1 is 1.14 bits per heavy atom. The number of furan rings is 1. The van der Waals surface area contributed by atoms with Crippen LogP contribution in [0.4, 0.5) is 30.7 Å². The van der Waals surface area contributed by atoms with Gasteiger partial charge in [0, 0.05) is 5.56 Å². The Hall–Kier alpha value is -2.76. The zero-order valence-electron chi connectivity index (χ0n) is 14.2. The first kappa shape index (κ1) is 22.5. The van der Waals surface area contributed by atoms with Gasteiger partial charge in [-0.25, -0.2) is 10.2 Å². The smallest absolute Gasteiger partial charge is 0.462 e. The number of nitrogens with zero attached hydrogens (tertiary/aromatic N) is 1. The molecule has 0 aliphatic rings. The fraction of sp³-hybridized carbons (Fsp3) is 0.250. The number of benzene rings is 1. The number of hydrogen-bond acceptors (Lipinski definition) is 5. The van der Waals surface area contributed by atoms with E-state index in [1.807, 2.05) is 0 Å². The largest absolute Gasteiger partial charge is 0.465 e. The van der Waals surface area contributed by atoms with Crippen LogP contribution < -0.4 is 5.43 Å². The topological polar surface area (TPSA) is 63.8 Å². The molecule has 0 spiro atoms. The molecule has 0 fully saturated rings. The summed E-state index contributed by atoms with van der Waals surface area (Å²) in [5.41, 5.74) is 0.794. The summed E-state index contributed by atoms with van der Waals surface area (Å²) >= 11 is 5.87. The molecular formula is C16H10ClF7N2O3. The molecule has 1 heterocycles. The van der Waals surface area contributed by atoms with Crippen molar-refractivity contribution in [3.63, 3.8) is 0 Å². The number of methoxy groups -OCH3 is 1. The van der Waals surface area contributed by atoms with Crippen molar-refractivity contribution in [3.05, 3.63) is 46.7 Å². The van der Waals surface area contributed by atoms with Gasteiger partial charge in [0.15, 0.2) is 0 Å². The van der Waals surface area contributed by atoms with Crippen LogP contribution >= 0.6 is 11.6 Å². The van der Waals surface area contributed by atoms with Crippen molar-refractivity contribution in [2.24, 2.45) is 5.10 Å². The van der Waals surface area contributed by atoms with Crippen molar-refractivity contribution in [1.29, 1.82) is 0 Å². The van der Waals surface area contributed by atoms with Crippen molar-refractivity contribution in [2.45, 2.75) is 18.1 Å². The molecule has 0 bridgehead atoms. The number of carbonyl (C=O) groups excluding carboxylic acids is 1. The summed E-state index contributed by atoms with van der Waals surface area (Å²) in [5, 5.41) is 2.77. The minimum Gasteiger partial charge on any atom is -0.465 e. The van der Waals surface area contributed by atoms with E-state index in [1.165, 1.54) is 30.3 Å². The predicted octanol–water partition coefficient (Wildman–Crippen LogP) is 5.10. The van der Waals surface area contributed by atoms with Crippen LogP contribution in [-0.2, 0) is 4.74 Å². The van der Waals surface area contributed by atoms with Crippen molar-refractivity contribution >= 4 is 23.8 Å². The lowest BCUT2D eigenvalue weighted by atomic mass is 10.1. The van der Waals surface area contributed by atoms with Gasteiger partial charge in [-0.05, 0) is 30.3 Å². The monoisotopic (exact) mass is 446 g/mol. The second-order valence-corrected chi connectivity index (χ2v) is 5.81. The van der Waals surface area contributed by atoms with Gasteiger partial charge >= 0.3 is 24.1 Å². The molecule has 0 saturated heterocycles. The van der Waals surface area contributed by atoms with E-state index < -0.39 is 24.1 Å². The van der Waals surface area contributed by atoms with E-state index >= 15 is 0 Å². The van der Waals surface area contributed by atoms with Gasteiger partial charge in [-0.15, -0.1) is 0 Å². The van der Waals surface area contributed by atoms with Crippen LogP contribution in [0.2, 0.25) is 5.02 Å². The third kappa shape index (κ3) is 4.63. The van der Waals surface area contributed by atoms with Crippen molar-refractivity contribution in [1.82, 2.24) is 5.43 Å². The summed E-state index contributed by atoms with van der Waals surface area (Å²) in [7, 11) is 1.14. The van der Waals surface area contributed by atoms with E-state index in [1.54, 1.807) is 0 Å². The number of halogens is 8. The van der Waals surface area contributed by atoms with Crippen molar-refractivity contribution in [2.75, 3.05) is 7.11 Å². The minimum absolute atomic E-state index is 0.00831. The zero-order chi connectivity index (χ0) is 22.0. The number of hydrogen-bond donors (Lipinski definition) is 1. The molecule has 0 aliphatic carbocycles. The standard InChI is InChI=1S/C16H10ClF7N2O3/c1-28-13(27)10-6-8(2-4-11(10)17)12-5-3-9(29-12)7-25-26-16(23,24)14(18,19)15(20,21)22/h2-7,26H,1H3/b25-7-. The van der Waals surface area contributed by atoms with E-state index in [9.17, 15) is 35.5 Å². The number of hydrazone groups is 1. The lowest BCUT2D eigenvalue weighted by Crippen LogP contribution is -2.58. The van der Waals surface area contributed by atoms with E-state index in [2.05, 4.69) is 9.84 Å². The average Bonchev–Trinajstić information content (AvgIpc) is 3.09. The predicted molar refractivity (Wildman–Crippen MR) is 87.2 cm³/mol. The van der Waals surface area contributed by atoms with Crippen LogP contribution in [-0.4, -0.2) is 37.4 Å². The molecule has 1 aromatic carbocycles. The maximum atomic E-state index is 13.1. The summed E-state index contributed by atoms with van der Waals surface area (Å²) in [4.78, 5) is 11.6. The SMILES string of the molecule is COC(=O)c1cc(-c2ccc(/C=N\NC(F)(F)C(F)(F)C(F)(F)F)o2)ccc1Cl.